The molecule has 0 rings (SSSR count). The molecular weight excluding hydrogens is 278 g/mol. The number of halogens is 1. The fraction of sp³-hybridized carbons (Fsp3) is 0.667. The molecule has 5 heteroatoms. The van der Waals surface area contributed by atoms with E-state index in [4.69, 9.17) is 26.8 Å². The summed E-state index contributed by atoms with van der Waals surface area (Å²) >= 11 is 6.18. The number of nitrogens with two attached hydrogens (primary N) is 1. The van der Waals surface area contributed by atoms with Crippen LogP contribution in [0, 0.1) is 0 Å². The van der Waals surface area contributed by atoms with Gasteiger partial charge in [-0.05, 0) is 32.8 Å². The van der Waals surface area contributed by atoms with Crippen molar-refractivity contribution < 1.29 is 14.3 Å². The van der Waals surface area contributed by atoms with E-state index in [2.05, 4.69) is 6.92 Å². The van der Waals surface area contributed by atoms with Crippen LogP contribution in [0.1, 0.15) is 47.0 Å². The van der Waals surface area contributed by atoms with E-state index in [1.165, 1.54) is 0 Å². The van der Waals surface area contributed by atoms with E-state index in [1.807, 2.05) is 19.9 Å². The van der Waals surface area contributed by atoms with Gasteiger partial charge in [-0.1, -0.05) is 37.4 Å². The Morgan fingerprint density at radius 3 is 2.35 bits per heavy atom. The summed E-state index contributed by atoms with van der Waals surface area (Å²) in [6.45, 7) is 7.70. The van der Waals surface area contributed by atoms with E-state index < -0.39 is 12.2 Å². The first-order valence-electron chi connectivity index (χ1n) is 6.87. The van der Waals surface area contributed by atoms with E-state index in [0.717, 1.165) is 30.4 Å². The van der Waals surface area contributed by atoms with Crippen LogP contribution in [0.25, 0.3) is 0 Å². The molecule has 0 aromatic rings. The second kappa shape index (κ2) is 9.83. The number of carbonyl (C=O) groups is 1. The van der Waals surface area contributed by atoms with Crippen molar-refractivity contribution in [3.63, 3.8) is 0 Å². The van der Waals surface area contributed by atoms with Crippen LogP contribution in [0.3, 0.4) is 0 Å². The predicted molar refractivity (Wildman–Crippen MR) is 82.8 cm³/mol. The lowest BCUT2D eigenvalue weighted by atomic mass is 9.94. The first-order valence-corrected chi connectivity index (χ1v) is 7.25. The van der Waals surface area contributed by atoms with Gasteiger partial charge < -0.3 is 15.2 Å². The van der Waals surface area contributed by atoms with Crippen LogP contribution in [-0.2, 0) is 9.47 Å². The van der Waals surface area contributed by atoms with Gasteiger partial charge in [-0.15, -0.1) is 0 Å². The maximum absolute atomic E-state index is 11.2. The van der Waals surface area contributed by atoms with Crippen molar-refractivity contribution in [2.75, 3.05) is 7.11 Å². The van der Waals surface area contributed by atoms with Crippen LogP contribution >= 0.6 is 11.6 Å². The second-order valence-electron chi connectivity index (χ2n) is 4.69. The summed E-state index contributed by atoms with van der Waals surface area (Å²) in [5.41, 5.74) is 6.90. The smallest absolute Gasteiger partial charge is 0.405 e. The van der Waals surface area contributed by atoms with Crippen LogP contribution in [0.2, 0.25) is 0 Å². The molecule has 0 spiro atoms. The highest BCUT2D eigenvalue weighted by atomic mass is 35.5. The number of methoxy groups -OCH3 is 1. The number of primary amides is 1. The van der Waals surface area contributed by atoms with Gasteiger partial charge in [-0.3, -0.25) is 0 Å². The molecule has 0 aromatic carbocycles. The van der Waals surface area contributed by atoms with E-state index in [-0.39, 0.29) is 6.10 Å². The van der Waals surface area contributed by atoms with Gasteiger partial charge in [0.15, 0.2) is 6.10 Å². The predicted octanol–water partition coefficient (Wildman–Crippen LogP) is 4.13. The Bertz CT molecular complexity index is 373. The van der Waals surface area contributed by atoms with Gasteiger partial charge in [-0.2, -0.15) is 0 Å². The Hall–Kier alpha value is -1.00. The van der Waals surface area contributed by atoms with Gasteiger partial charge in [0.2, 0.25) is 0 Å². The summed E-state index contributed by atoms with van der Waals surface area (Å²) in [4.78, 5) is 11.2. The van der Waals surface area contributed by atoms with Crippen molar-refractivity contribution >= 4 is 17.7 Å². The molecule has 2 unspecified atom stereocenters. The number of rotatable bonds is 8. The highest BCUT2D eigenvalue weighted by Gasteiger charge is 2.30. The summed E-state index contributed by atoms with van der Waals surface area (Å²) in [6.07, 6.45) is 3.03. The van der Waals surface area contributed by atoms with Gasteiger partial charge in [-0.25, -0.2) is 4.79 Å². The van der Waals surface area contributed by atoms with E-state index in [1.54, 1.807) is 14.0 Å². The minimum Gasteiger partial charge on any atom is -0.439 e. The average molecular weight is 304 g/mol. The summed E-state index contributed by atoms with van der Waals surface area (Å²) in [7, 11) is 1.60. The van der Waals surface area contributed by atoms with Gasteiger partial charge in [0.1, 0.15) is 0 Å². The van der Waals surface area contributed by atoms with E-state index in [9.17, 15) is 4.79 Å². The molecule has 0 aromatic heterocycles. The number of hydrogen-bond donors (Lipinski definition) is 1. The topological polar surface area (TPSA) is 61.5 Å². The Labute approximate surface area is 127 Å². The largest absolute Gasteiger partial charge is 0.439 e. The van der Waals surface area contributed by atoms with Gasteiger partial charge in [0.25, 0.3) is 0 Å². The van der Waals surface area contributed by atoms with Crippen molar-refractivity contribution in [3.05, 3.63) is 22.3 Å². The van der Waals surface area contributed by atoms with Crippen LogP contribution < -0.4 is 5.73 Å². The molecule has 0 aliphatic heterocycles. The molecule has 0 saturated carbocycles. The maximum atomic E-state index is 11.2. The lowest BCUT2D eigenvalue weighted by Crippen LogP contribution is -2.37. The Balaban J connectivity index is 5.49. The highest BCUT2D eigenvalue weighted by Crippen LogP contribution is 2.28. The Morgan fingerprint density at radius 2 is 2.00 bits per heavy atom. The Morgan fingerprint density at radius 1 is 1.40 bits per heavy atom. The summed E-state index contributed by atoms with van der Waals surface area (Å²) in [5, 5.41) is 0.574. The first-order chi connectivity index (χ1) is 9.38. The molecule has 0 heterocycles. The normalized spacial score (nSPS) is 16.4. The van der Waals surface area contributed by atoms with Crippen molar-refractivity contribution in [1.29, 1.82) is 0 Å². The molecule has 4 nitrogen and oxygen atoms in total. The van der Waals surface area contributed by atoms with Crippen LogP contribution in [0.5, 0.6) is 0 Å². The molecule has 0 saturated heterocycles. The third kappa shape index (κ3) is 5.97. The fourth-order valence-corrected chi connectivity index (χ4v) is 2.35. The van der Waals surface area contributed by atoms with Crippen molar-refractivity contribution in [2.24, 2.45) is 5.73 Å². The quantitative estimate of drug-likeness (QED) is 0.686. The molecule has 0 bridgehead atoms. The third-order valence-corrected chi connectivity index (χ3v) is 3.44. The van der Waals surface area contributed by atoms with Crippen LogP contribution in [-0.4, -0.2) is 25.4 Å². The standard InChI is InChI=1S/C15H26ClNO3/c1-6-8-9-12(19-5)14(20-15(17)18)13(11(4)16)10(3)7-2/h7,12,14H,6,8-9H2,1-5H3,(H2,17,18). The molecule has 1 amide bonds. The van der Waals surface area contributed by atoms with E-state index in [0.29, 0.717) is 5.03 Å². The maximum Gasteiger partial charge on any atom is 0.405 e. The van der Waals surface area contributed by atoms with Crippen molar-refractivity contribution in [2.45, 2.75) is 59.2 Å². The van der Waals surface area contributed by atoms with Crippen molar-refractivity contribution in [3.8, 4) is 0 Å². The fourth-order valence-electron chi connectivity index (χ4n) is 2.09. The zero-order valence-electron chi connectivity index (χ0n) is 13.0. The summed E-state index contributed by atoms with van der Waals surface area (Å²) < 4.78 is 10.8. The number of carbonyl (C=O) groups excluding carboxylic acids is 1. The van der Waals surface area contributed by atoms with Crippen LogP contribution in [0.4, 0.5) is 4.79 Å². The highest BCUT2D eigenvalue weighted by molar-refractivity contribution is 6.29. The lowest BCUT2D eigenvalue weighted by molar-refractivity contribution is -0.00691. The molecular formula is C15H26ClNO3. The SMILES string of the molecule is CC=C(C)C(=C(C)Cl)C(OC(N)=O)C(CCCC)OC. The number of hydrogen-bond acceptors (Lipinski definition) is 3. The Kier molecular flexibility index (Phi) is 9.34. The zero-order valence-corrected chi connectivity index (χ0v) is 13.8. The molecule has 2 atom stereocenters. The molecule has 0 radical (unpaired) electrons. The lowest BCUT2D eigenvalue weighted by Gasteiger charge is -2.28. The second-order valence-corrected chi connectivity index (χ2v) is 5.26. The van der Waals surface area contributed by atoms with Crippen molar-refractivity contribution in [1.82, 2.24) is 0 Å². The number of ether oxygens (including phenoxy) is 2. The first kappa shape index (κ1) is 19.0. The van der Waals surface area contributed by atoms with Crippen LogP contribution in [0.15, 0.2) is 22.3 Å². The molecule has 0 fully saturated rings. The minimum absolute atomic E-state index is 0.263. The zero-order chi connectivity index (χ0) is 15.7. The molecule has 0 aliphatic carbocycles. The molecule has 116 valence electrons. The number of allylic oxidation sites excluding steroid dienone is 2. The van der Waals surface area contributed by atoms with Gasteiger partial charge in [0, 0.05) is 17.7 Å². The molecule has 2 N–H and O–H groups in total. The number of unbranched alkanes of at least 4 members (excludes halogenated alkanes) is 1. The summed E-state index contributed by atoms with van der Waals surface area (Å²) in [5.74, 6) is 0. The van der Waals surface area contributed by atoms with E-state index >= 15 is 0 Å². The average Bonchev–Trinajstić information content (AvgIpc) is 2.38. The van der Waals surface area contributed by atoms with Gasteiger partial charge in [0.05, 0.1) is 6.10 Å². The third-order valence-electron chi connectivity index (χ3n) is 3.24. The monoisotopic (exact) mass is 303 g/mol. The molecule has 20 heavy (non-hydrogen) atoms. The minimum atomic E-state index is -0.826. The number of amides is 1. The molecule has 0 aliphatic rings. The summed E-state index contributed by atoms with van der Waals surface area (Å²) in [6, 6.07) is 0. The van der Waals surface area contributed by atoms with Gasteiger partial charge >= 0.3 is 6.09 Å².